The maximum atomic E-state index is 11.6. The minimum Gasteiger partial charge on any atom is -0.329 e. The van der Waals surface area contributed by atoms with Crippen molar-refractivity contribution in [1.82, 2.24) is 0 Å². The molecule has 0 saturated carbocycles. The molecule has 0 aliphatic carbocycles. The third-order valence-corrected chi connectivity index (χ3v) is 4.76. The Morgan fingerprint density at radius 2 is 2.40 bits per heavy atom. The second kappa shape index (κ2) is 3.06. The van der Waals surface area contributed by atoms with Gasteiger partial charge in [-0.1, -0.05) is 6.92 Å². The highest BCUT2D eigenvalue weighted by molar-refractivity contribution is 7.59. The van der Waals surface area contributed by atoms with Gasteiger partial charge < -0.3 is 4.52 Å². The van der Waals surface area contributed by atoms with E-state index in [1.165, 1.54) is 0 Å². The van der Waals surface area contributed by atoms with Crippen LogP contribution in [0.5, 0.6) is 0 Å². The summed E-state index contributed by atoms with van der Waals surface area (Å²) in [7, 11) is -2.13. The van der Waals surface area contributed by atoms with E-state index >= 15 is 0 Å². The lowest BCUT2D eigenvalue weighted by molar-refractivity contribution is 0.336. The Balaban J connectivity index is 2.47. The third kappa shape index (κ3) is 1.83. The van der Waals surface area contributed by atoms with Gasteiger partial charge in [-0.2, -0.15) is 0 Å². The second-order valence-electron chi connectivity index (χ2n) is 3.03. The highest BCUT2D eigenvalue weighted by Crippen LogP contribution is 2.54. The summed E-state index contributed by atoms with van der Waals surface area (Å²) in [4.78, 5) is 0. The summed E-state index contributed by atoms with van der Waals surface area (Å²) in [5.74, 6) is 0.609. The van der Waals surface area contributed by atoms with Crippen molar-refractivity contribution in [2.45, 2.75) is 20.3 Å². The van der Waals surface area contributed by atoms with Crippen LogP contribution in [0.1, 0.15) is 20.3 Å². The smallest absolute Gasteiger partial charge is 0.203 e. The Hall–Kier alpha value is 0.190. The van der Waals surface area contributed by atoms with E-state index < -0.39 is 7.37 Å². The summed E-state index contributed by atoms with van der Waals surface area (Å²) >= 11 is 0. The molecule has 0 aromatic rings. The molecular formula is C7H15O2P. The molecule has 0 aromatic carbocycles. The quantitative estimate of drug-likeness (QED) is 0.582. The molecule has 60 valence electrons. The van der Waals surface area contributed by atoms with Gasteiger partial charge >= 0.3 is 0 Å². The van der Waals surface area contributed by atoms with Gasteiger partial charge in [0.05, 0.1) is 6.61 Å². The molecule has 1 saturated heterocycles. The van der Waals surface area contributed by atoms with Crippen LogP contribution < -0.4 is 0 Å². The van der Waals surface area contributed by atoms with E-state index in [1.807, 2.05) is 6.92 Å². The second-order valence-corrected chi connectivity index (χ2v) is 5.73. The molecule has 1 rings (SSSR count). The first-order valence-corrected chi connectivity index (χ1v) is 5.88. The molecule has 1 aliphatic rings. The van der Waals surface area contributed by atoms with Gasteiger partial charge in [0.2, 0.25) is 7.37 Å². The fourth-order valence-electron chi connectivity index (χ4n) is 1.43. The first kappa shape index (κ1) is 8.29. The summed E-state index contributed by atoms with van der Waals surface area (Å²) in [6.07, 6.45) is 2.69. The van der Waals surface area contributed by atoms with E-state index in [2.05, 4.69) is 6.92 Å². The molecule has 3 heteroatoms. The van der Waals surface area contributed by atoms with Gasteiger partial charge in [-0.15, -0.1) is 0 Å². The van der Waals surface area contributed by atoms with Gasteiger partial charge in [0, 0.05) is 12.3 Å². The molecule has 0 amide bonds. The highest BCUT2D eigenvalue weighted by Gasteiger charge is 2.31. The van der Waals surface area contributed by atoms with Gasteiger partial charge in [-0.05, 0) is 19.3 Å². The van der Waals surface area contributed by atoms with Crippen LogP contribution in [0.15, 0.2) is 0 Å². The molecule has 2 atom stereocenters. The van der Waals surface area contributed by atoms with Crippen LogP contribution in [-0.4, -0.2) is 18.9 Å². The van der Waals surface area contributed by atoms with E-state index in [9.17, 15) is 4.57 Å². The SMILES string of the molecule is CCO[P@]1(=O)CC[C@H](C)C1. The van der Waals surface area contributed by atoms with Crippen LogP contribution in [0.3, 0.4) is 0 Å². The normalized spacial score (nSPS) is 40.4. The van der Waals surface area contributed by atoms with Gasteiger partial charge in [-0.25, -0.2) is 0 Å². The highest BCUT2D eigenvalue weighted by atomic mass is 31.2. The maximum absolute atomic E-state index is 11.6. The zero-order chi connectivity index (χ0) is 7.61. The van der Waals surface area contributed by atoms with E-state index in [4.69, 9.17) is 4.52 Å². The monoisotopic (exact) mass is 162 g/mol. The Kier molecular flexibility index (Phi) is 2.54. The number of hydrogen-bond donors (Lipinski definition) is 0. The van der Waals surface area contributed by atoms with Crippen molar-refractivity contribution in [2.24, 2.45) is 5.92 Å². The third-order valence-electron chi connectivity index (χ3n) is 1.92. The topological polar surface area (TPSA) is 26.3 Å². The van der Waals surface area contributed by atoms with Gasteiger partial charge in [-0.3, -0.25) is 4.57 Å². The van der Waals surface area contributed by atoms with E-state index in [0.717, 1.165) is 18.7 Å². The number of hydrogen-bond acceptors (Lipinski definition) is 2. The lowest BCUT2D eigenvalue weighted by Gasteiger charge is -2.09. The molecule has 2 nitrogen and oxygen atoms in total. The zero-order valence-electron chi connectivity index (χ0n) is 6.67. The maximum Gasteiger partial charge on any atom is 0.203 e. The van der Waals surface area contributed by atoms with Gasteiger partial charge in [0.25, 0.3) is 0 Å². The fraction of sp³-hybridized carbons (Fsp3) is 1.00. The lowest BCUT2D eigenvalue weighted by atomic mass is 10.2. The molecule has 1 heterocycles. The fourth-order valence-corrected chi connectivity index (χ4v) is 4.28. The Morgan fingerprint density at radius 1 is 1.70 bits per heavy atom. The van der Waals surface area contributed by atoms with Crippen molar-refractivity contribution in [2.75, 3.05) is 18.9 Å². The van der Waals surface area contributed by atoms with Crippen molar-refractivity contribution in [3.63, 3.8) is 0 Å². The van der Waals surface area contributed by atoms with E-state index in [1.54, 1.807) is 0 Å². The summed E-state index contributed by atoms with van der Waals surface area (Å²) in [5, 5.41) is 0. The van der Waals surface area contributed by atoms with E-state index in [-0.39, 0.29) is 0 Å². The molecule has 10 heavy (non-hydrogen) atoms. The largest absolute Gasteiger partial charge is 0.329 e. The molecule has 0 unspecified atom stereocenters. The first-order chi connectivity index (χ1) is 4.66. The lowest BCUT2D eigenvalue weighted by Crippen LogP contribution is -1.93. The predicted molar refractivity (Wildman–Crippen MR) is 42.7 cm³/mol. The minimum atomic E-state index is -2.13. The first-order valence-electron chi connectivity index (χ1n) is 3.89. The van der Waals surface area contributed by atoms with Gasteiger partial charge in [0.1, 0.15) is 0 Å². The zero-order valence-corrected chi connectivity index (χ0v) is 7.56. The summed E-state index contributed by atoms with van der Waals surface area (Å²) in [6.45, 7) is 4.64. The Labute approximate surface area is 62.4 Å². The summed E-state index contributed by atoms with van der Waals surface area (Å²) in [5.41, 5.74) is 0. The van der Waals surface area contributed by atoms with Crippen LogP contribution in [0, 0.1) is 5.92 Å². The average Bonchev–Trinajstić information content (AvgIpc) is 2.12. The van der Waals surface area contributed by atoms with Crippen LogP contribution in [-0.2, 0) is 9.09 Å². The van der Waals surface area contributed by atoms with Gasteiger partial charge in [0.15, 0.2) is 0 Å². The van der Waals surface area contributed by atoms with Crippen LogP contribution in [0.25, 0.3) is 0 Å². The molecule has 0 aromatic heterocycles. The molecular weight excluding hydrogens is 147 g/mol. The van der Waals surface area contributed by atoms with Crippen LogP contribution >= 0.6 is 7.37 Å². The average molecular weight is 162 g/mol. The molecule has 0 spiro atoms. The minimum absolute atomic E-state index is 0.601. The van der Waals surface area contributed by atoms with Crippen LogP contribution in [0.4, 0.5) is 0 Å². The molecule has 0 N–H and O–H groups in total. The van der Waals surface area contributed by atoms with Crippen molar-refractivity contribution in [3.8, 4) is 0 Å². The summed E-state index contributed by atoms with van der Waals surface area (Å²) in [6, 6.07) is 0. The summed E-state index contributed by atoms with van der Waals surface area (Å²) < 4.78 is 16.8. The van der Waals surface area contributed by atoms with Crippen molar-refractivity contribution >= 4 is 7.37 Å². The molecule has 0 bridgehead atoms. The number of rotatable bonds is 2. The molecule has 0 radical (unpaired) electrons. The molecule has 1 aliphatic heterocycles. The predicted octanol–water partition coefficient (Wildman–Crippen LogP) is 2.34. The van der Waals surface area contributed by atoms with Crippen molar-refractivity contribution < 1.29 is 9.09 Å². The Morgan fingerprint density at radius 3 is 2.80 bits per heavy atom. The Bertz CT molecular complexity index is 150. The van der Waals surface area contributed by atoms with Crippen molar-refractivity contribution in [1.29, 1.82) is 0 Å². The molecule has 1 fully saturated rings. The van der Waals surface area contributed by atoms with Crippen LogP contribution in [0.2, 0.25) is 0 Å². The van der Waals surface area contributed by atoms with E-state index in [0.29, 0.717) is 12.5 Å². The van der Waals surface area contributed by atoms with Crippen molar-refractivity contribution in [3.05, 3.63) is 0 Å². The standard InChI is InChI=1S/C7H15O2P/c1-3-9-10(8)5-4-7(2)6-10/h7H,3-6H2,1-2H3/t7-,10+/m0/s1.